The van der Waals surface area contributed by atoms with Gasteiger partial charge in [-0.15, -0.1) is 0 Å². The number of benzene rings is 1. The molecule has 2 atom stereocenters. The van der Waals surface area contributed by atoms with Gasteiger partial charge in [-0.05, 0) is 18.4 Å². The highest BCUT2D eigenvalue weighted by Gasteiger charge is 2.16. The predicted molar refractivity (Wildman–Crippen MR) is 81.3 cm³/mol. The smallest absolute Gasteiger partial charge is 0.0672 e. The first kappa shape index (κ1) is 15.9. The largest absolute Gasteiger partial charge is 0.376 e. The third kappa shape index (κ3) is 6.01. The number of nitrogens with two attached hydrogens (primary N) is 1. The van der Waals surface area contributed by atoms with Crippen LogP contribution in [0.3, 0.4) is 0 Å². The van der Waals surface area contributed by atoms with Gasteiger partial charge in [0, 0.05) is 19.1 Å². The van der Waals surface area contributed by atoms with Crippen LogP contribution in [-0.2, 0) is 4.74 Å². The molecular weight excluding hydrogens is 236 g/mol. The Morgan fingerprint density at radius 1 is 1.37 bits per heavy atom. The molecule has 0 aliphatic heterocycles. The van der Waals surface area contributed by atoms with Crippen LogP contribution in [0.2, 0.25) is 0 Å². The van der Waals surface area contributed by atoms with Gasteiger partial charge in [0.25, 0.3) is 0 Å². The Morgan fingerprint density at radius 2 is 2.05 bits per heavy atom. The first-order valence-corrected chi connectivity index (χ1v) is 6.85. The third-order valence-electron chi connectivity index (χ3n) is 3.18. The Hall–Kier alpha value is -1.16. The predicted octanol–water partition coefficient (Wildman–Crippen LogP) is 2.30. The van der Waals surface area contributed by atoms with E-state index in [0.717, 1.165) is 12.1 Å². The van der Waals surface area contributed by atoms with Crippen LogP contribution in [0.5, 0.6) is 0 Å². The summed E-state index contributed by atoms with van der Waals surface area (Å²) in [6, 6.07) is 10.7. The topological polar surface area (TPSA) is 47.3 Å². The Labute approximate surface area is 116 Å². The minimum absolute atomic E-state index is 0.274. The molecule has 1 aromatic carbocycles. The van der Waals surface area contributed by atoms with Gasteiger partial charge in [-0.3, -0.25) is 0 Å². The first-order chi connectivity index (χ1) is 9.15. The van der Waals surface area contributed by atoms with Crippen LogP contribution in [0.25, 0.3) is 0 Å². The molecule has 3 N–H and O–H groups in total. The lowest BCUT2D eigenvalue weighted by Crippen LogP contribution is -2.41. The fourth-order valence-corrected chi connectivity index (χ4v) is 2.02. The fourth-order valence-electron chi connectivity index (χ4n) is 2.02. The van der Waals surface area contributed by atoms with E-state index in [1.54, 1.807) is 0 Å². The lowest BCUT2D eigenvalue weighted by Gasteiger charge is -2.24. The summed E-state index contributed by atoms with van der Waals surface area (Å²) < 4.78 is 5.47. The molecule has 0 heterocycles. The van der Waals surface area contributed by atoms with Gasteiger partial charge in [0.15, 0.2) is 0 Å². The van der Waals surface area contributed by atoms with Crippen LogP contribution in [0.1, 0.15) is 25.3 Å². The molecule has 0 saturated carbocycles. The molecule has 1 aromatic rings. The van der Waals surface area contributed by atoms with Crippen LogP contribution in [0, 0.1) is 0 Å². The summed E-state index contributed by atoms with van der Waals surface area (Å²) in [6.07, 6.45) is 0. The van der Waals surface area contributed by atoms with E-state index in [2.05, 4.69) is 43.1 Å². The second-order valence-corrected chi connectivity index (χ2v) is 5.01. The molecule has 2 unspecified atom stereocenters. The number of hydrogen-bond acceptors (Lipinski definition) is 3. The van der Waals surface area contributed by atoms with Crippen LogP contribution in [0.4, 0.5) is 0 Å². The standard InChI is InChI=1S/C16H26N2O/c1-13(2)12-19-10-9-18-16(11-17)14(3)15-7-5-4-6-8-15/h4-8,14,16,18H,1,9-12,17H2,2-3H3. The van der Waals surface area contributed by atoms with Gasteiger partial charge in [-0.2, -0.15) is 0 Å². The summed E-state index contributed by atoms with van der Waals surface area (Å²) in [5.74, 6) is 0.396. The van der Waals surface area contributed by atoms with E-state index in [9.17, 15) is 0 Å². The van der Waals surface area contributed by atoms with Gasteiger partial charge >= 0.3 is 0 Å². The summed E-state index contributed by atoms with van der Waals surface area (Å²) in [4.78, 5) is 0. The minimum atomic E-state index is 0.274. The monoisotopic (exact) mass is 262 g/mol. The average Bonchev–Trinajstić information content (AvgIpc) is 2.43. The maximum absolute atomic E-state index is 5.86. The van der Waals surface area contributed by atoms with Gasteiger partial charge < -0.3 is 15.8 Å². The molecule has 0 fully saturated rings. The van der Waals surface area contributed by atoms with E-state index in [0.29, 0.717) is 25.7 Å². The van der Waals surface area contributed by atoms with Gasteiger partial charge in [0.1, 0.15) is 0 Å². The van der Waals surface area contributed by atoms with Crippen molar-refractivity contribution in [2.75, 3.05) is 26.3 Å². The molecule has 0 aliphatic carbocycles. The van der Waals surface area contributed by atoms with E-state index in [1.165, 1.54) is 5.56 Å². The van der Waals surface area contributed by atoms with Crippen LogP contribution in [-0.4, -0.2) is 32.3 Å². The molecule has 3 heteroatoms. The molecule has 106 valence electrons. The molecule has 0 saturated heterocycles. The van der Waals surface area contributed by atoms with Crippen LogP contribution >= 0.6 is 0 Å². The van der Waals surface area contributed by atoms with Crippen molar-refractivity contribution in [1.29, 1.82) is 0 Å². The summed E-state index contributed by atoms with van der Waals surface area (Å²) in [5, 5.41) is 3.46. The fraction of sp³-hybridized carbons (Fsp3) is 0.500. The normalized spacial score (nSPS) is 14.1. The zero-order valence-corrected chi connectivity index (χ0v) is 12.1. The van der Waals surface area contributed by atoms with E-state index < -0.39 is 0 Å². The molecular formula is C16H26N2O. The van der Waals surface area contributed by atoms with Crippen molar-refractivity contribution in [2.45, 2.75) is 25.8 Å². The van der Waals surface area contributed by atoms with Crippen molar-refractivity contribution in [1.82, 2.24) is 5.32 Å². The summed E-state index contributed by atoms with van der Waals surface area (Å²) in [7, 11) is 0. The average molecular weight is 262 g/mol. The molecule has 3 nitrogen and oxygen atoms in total. The van der Waals surface area contributed by atoms with E-state index in [-0.39, 0.29) is 6.04 Å². The van der Waals surface area contributed by atoms with Crippen LogP contribution < -0.4 is 11.1 Å². The molecule has 0 radical (unpaired) electrons. The van der Waals surface area contributed by atoms with E-state index in [4.69, 9.17) is 10.5 Å². The highest BCUT2D eigenvalue weighted by molar-refractivity contribution is 5.20. The van der Waals surface area contributed by atoms with Crippen molar-refractivity contribution in [2.24, 2.45) is 5.73 Å². The van der Waals surface area contributed by atoms with Gasteiger partial charge in [-0.1, -0.05) is 49.4 Å². The number of ether oxygens (including phenoxy) is 1. The molecule has 0 aromatic heterocycles. The van der Waals surface area contributed by atoms with Gasteiger partial charge in [0.2, 0.25) is 0 Å². The first-order valence-electron chi connectivity index (χ1n) is 6.85. The van der Waals surface area contributed by atoms with Crippen molar-refractivity contribution in [3.05, 3.63) is 48.0 Å². The number of rotatable bonds is 9. The second kappa shape index (κ2) is 8.86. The lowest BCUT2D eigenvalue weighted by atomic mass is 9.93. The van der Waals surface area contributed by atoms with Crippen molar-refractivity contribution < 1.29 is 4.74 Å². The van der Waals surface area contributed by atoms with E-state index in [1.807, 2.05) is 13.0 Å². The SMILES string of the molecule is C=C(C)COCCNC(CN)C(C)c1ccccc1. The van der Waals surface area contributed by atoms with Crippen molar-refractivity contribution in [3.63, 3.8) is 0 Å². The molecule has 19 heavy (non-hydrogen) atoms. The summed E-state index contributed by atoms with van der Waals surface area (Å²) in [6.45, 7) is 10.7. The molecule has 1 rings (SSSR count). The summed E-state index contributed by atoms with van der Waals surface area (Å²) in [5.41, 5.74) is 8.22. The van der Waals surface area contributed by atoms with Crippen molar-refractivity contribution >= 4 is 0 Å². The van der Waals surface area contributed by atoms with Gasteiger partial charge in [-0.25, -0.2) is 0 Å². The zero-order valence-electron chi connectivity index (χ0n) is 12.1. The minimum Gasteiger partial charge on any atom is -0.376 e. The highest BCUT2D eigenvalue weighted by atomic mass is 16.5. The molecule has 0 spiro atoms. The maximum Gasteiger partial charge on any atom is 0.0672 e. The Morgan fingerprint density at radius 3 is 2.63 bits per heavy atom. The van der Waals surface area contributed by atoms with Crippen LogP contribution in [0.15, 0.2) is 42.5 Å². The Bertz CT molecular complexity index is 364. The third-order valence-corrected chi connectivity index (χ3v) is 3.18. The zero-order chi connectivity index (χ0) is 14.1. The lowest BCUT2D eigenvalue weighted by molar-refractivity contribution is 0.154. The molecule has 0 bridgehead atoms. The highest BCUT2D eigenvalue weighted by Crippen LogP contribution is 2.18. The maximum atomic E-state index is 5.86. The number of nitrogens with one attached hydrogen (secondary N) is 1. The van der Waals surface area contributed by atoms with Gasteiger partial charge in [0.05, 0.1) is 13.2 Å². The quantitative estimate of drug-likeness (QED) is 0.530. The number of hydrogen-bond donors (Lipinski definition) is 2. The van der Waals surface area contributed by atoms with E-state index >= 15 is 0 Å². The second-order valence-electron chi connectivity index (χ2n) is 5.01. The van der Waals surface area contributed by atoms with Crippen molar-refractivity contribution in [3.8, 4) is 0 Å². The Balaban J connectivity index is 2.35. The Kier molecular flexibility index (Phi) is 7.41. The summed E-state index contributed by atoms with van der Waals surface area (Å²) >= 11 is 0. The molecule has 0 aliphatic rings. The molecule has 0 amide bonds.